The molecule has 1 aliphatic rings. The molecular formula is C17H17ClN4O3S. The summed E-state index contributed by atoms with van der Waals surface area (Å²) in [6.07, 6.45) is 2.99. The van der Waals surface area contributed by atoms with E-state index in [0.717, 1.165) is 13.0 Å². The number of likely N-dealkylation sites (tertiary alicyclic amines) is 1. The molecule has 1 saturated heterocycles. The van der Waals surface area contributed by atoms with E-state index in [-0.39, 0.29) is 15.6 Å². The molecule has 0 radical (unpaired) electrons. The number of hydrogen-bond acceptors (Lipinski definition) is 4. The SMILES string of the molecule is CN1CCCC1=NS(=O)(=O)c1cccc(NC(=O)c2cccnc2Cl)c1. The van der Waals surface area contributed by atoms with Crippen molar-refractivity contribution in [2.45, 2.75) is 17.7 Å². The van der Waals surface area contributed by atoms with Gasteiger partial charge >= 0.3 is 0 Å². The molecule has 0 bridgehead atoms. The fourth-order valence-electron chi connectivity index (χ4n) is 2.59. The van der Waals surface area contributed by atoms with Gasteiger partial charge in [0, 0.05) is 31.9 Å². The highest BCUT2D eigenvalue weighted by molar-refractivity contribution is 7.90. The van der Waals surface area contributed by atoms with Crippen molar-refractivity contribution in [3.8, 4) is 0 Å². The number of benzene rings is 1. The van der Waals surface area contributed by atoms with Crippen molar-refractivity contribution in [2.75, 3.05) is 18.9 Å². The number of halogens is 1. The van der Waals surface area contributed by atoms with Crippen molar-refractivity contribution in [3.05, 3.63) is 53.3 Å². The molecule has 1 fully saturated rings. The van der Waals surface area contributed by atoms with Gasteiger partial charge in [-0.3, -0.25) is 4.79 Å². The number of amides is 1. The zero-order valence-electron chi connectivity index (χ0n) is 14.0. The number of aromatic nitrogens is 1. The summed E-state index contributed by atoms with van der Waals surface area (Å²) in [5.41, 5.74) is 0.534. The van der Waals surface area contributed by atoms with E-state index in [1.54, 1.807) is 18.2 Å². The lowest BCUT2D eigenvalue weighted by Gasteiger charge is -2.11. The predicted molar refractivity (Wildman–Crippen MR) is 100 cm³/mol. The molecule has 0 unspecified atom stereocenters. The minimum atomic E-state index is -3.85. The van der Waals surface area contributed by atoms with Gasteiger partial charge in [-0.15, -0.1) is 4.40 Å². The Morgan fingerprint density at radius 1 is 1.31 bits per heavy atom. The molecule has 7 nitrogen and oxygen atoms in total. The maximum atomic E-state index is 12.5. The molecule has 3 rings (SSSR count). The summed E-state index contributed by atoms with van der Waals surface area (Å²) in [5, 5.41) is 2.70. The fraction of sp³-hybridized carbons (Fsp3) is 0.235. The second kappa shape index (κ2) is 7.43. The van der Waals surface area contributed by atoms with Gasteiger partial charge in [0.15, 0.2) is 0 Å². The van der Waals surface area contributed by atoms with E-state index < -0.39 is 15.9 Å². The number of amidine groups is 1. The van der Waals surface area contributed by atoms with E-state index >= 15 is 0 Å². The Morgan fingerprint density at radius 3 is 2.81 bits per heavy atom. The van der Waals surface area contributed by atoms with Gasteiger partial charge < -0.3 is 10.2 Å². The second-order valence-corrected chi connectivity index (χ2v) is 7.79. The van der Waals surface area contributed by atoms with Crippen LogP contribution in [0.4, 0.5) is 5.69 Å². The second-order valence-electron chi connectivity index (χ2n) is 5.83. The van der Waals surface area contributed by atoms with Crippen molar-refractivity contribution in [3.63, 3.8) is 0 Å². The Labute approximate surface area is 156 Å². The third-order valence-electron chi connectivity index (χ3n) is 3.95. The zero-order chi connectivity index (χ0) is 18.7. The number of nitrogens with one attached hydrogen (secondary N) is 1. The van der Waals surface area contributed by atoms with Crippen LogP contribution in [0.5, 0.6) is 0 Å². The summed E-state index contributed by atoms with van der Waals surface area (Å²) in [6, 6.07) is 9.09. The maximum absolute atomic E-state index is 12.5. The highest BCUT2D eigenvalue weighted by Crippen LogP contribution is 2.21. The molecule has 9 heteroatoms. The van der Waals surface area contributed by atoms with Crippen LogP contribution in [0.1, 0.15) is 23.2 Å². The van der Waals surface area contributed by atoms with Gasteiger partial charge in [0.1, 0.15) is 11.0 Å². The topological polar surface area (TPSA) is 91.7 Å². The smallest absolute Gasteiger partial charge is 0.284 e. The predicted octanol–water partition coefficient (Wildman–Crippen LogP) is 2.80. The van der Waals surface area contributed by atoms with Gasteiger partial charge in [-0.1, -0.05) is 17.7 Å². The lowest BCUT2D eigenvalue weighted by atomic mass is 10.2. The lowest BCUT2D eigenvalue weighted by molar-refractivity contribution is 0.102. The van der Waals surface area contributed by atoms with Crippen LogP contribution >= 0.6 is 11.6 Å². The summed E-state index contributed by atoms with van der Waals surface area (Å²) in [6.45, 7) is 0.788. The van der Waals surface area contributed by atoms with E-state index in [4.69, 9.17) is 11.6 Å². The van der Waals surface area contributed by atoms with Crippen LogP contribution in [0.3, 0.4) is 0 Å². The number of rotatable bonds is 4. The number of sulfonamides is 1. The Balaban J connectivity index is 1.84. The molecule has 1 aromatic heterocycles. The highest BCUT2D eigenvalue weighted by atomic mass is 35.5. The molecule has 136 valence electrons. The first kappa shape index (κ1) is 18.3. The first-order valence-electron chi connectivity index (χ1n) is 7.94. The minimum Gasteiger partial charge on any atom is -0.362 e. The molecule has 2 heterocycles. The average molecular weight is 393 g/mol. The molecule has 1 aliphatic heterocycles. The molecule has 1 amide bonds. The Hall–Kier alpha value is -2.45. The number of carbonyl (C=O) groups is 1. The van der Waals surface area contributed by atoms with Gasteiger partial charge in [-0.05, 0) is 36.8 Å². The molecule has 2 aromatic rings. The quantitative estimate of drug-likeness (QED) is 0.808. The third kappa shape index (κ3) is 4.03. The normalized spacial score (nSPS) is 16.1. The Morgan fingerprint density at radius 2 is 2.12 bits per heavy atom. The van der Waals surface area contributed by atoms with Gasteiger partial charge in [0.2, 0.25) is 0 Å². The monoisotopic (exact) mass is 392 g/mol. The van der Waals surface area contributed by atoms with Crippen molar-refractivity contribution < 1.29 is 13.2 Å². The first-order valence-corrected chi connectivity index (χ1v) is 9.75. The third-order valence-corrected chi connectivity index (χ3v) is 5.56. The molecular weight excluding hydrogens is 376 g/mol. The maximum Gasteiger partial charge on any atom is 0.284 e. The van der Waals surface area contributed by atoms with E-state index in [1.807, 2.05) is 11.9 Å². The molecule has 0 aliphatic carbocycles. The van der Waals surface area contributed by atoms with Crippen molar-refractivity contribution in [1.82, 2.24) is 9.88 Å². The number of pyridine rings is 1. The van der Waals surface area contributed by atoms with Crippen LogP contribution < -0.4 is 5.32 Å². The average Bonchev–Trinajstić information content (AvgIpc) is 2.99. The van der Waals surface area contributed by atoms with Crippen LogP contribution in [0.15, 0.2) is 51.9 Å². The zero-order valence-corrected chi connectivity index (χ0v) is 15.6. The molecule has 0 saturated carbocycles. The van der Waals surface area contributed by atoms with Gasteiger partial charge in [0.05, 0.1) is 10.5 Å². The van der Waals surface area contributed by atoms with Crippen molar-refractivity contribution >= 4 is 39.1 Å². The molecule has 26 heavy (non-hydrogen) atoms. The van der Waals surface area contributed by atoms with Gasteiger partial charge in [-0.2, -0.15) is 8.42 Å². The van der Waals surface area contributed by atoms with E-state index in [1.165, 1.54) is 24.4 Å². The number of anilines is 1. The standard InChI is InChI=1S/C17H17ClN4O3S/c1-22-10-4-8-15(22)21-26(24,25)13-6-2-5-12(11-13)20-17(23)14-7-3-9-19-16(14)18/h2-3,5-7,9,11H,4,8,10H2,1H3,(H,20,23). The van der Waals surface area contributed by atoms with E-state index in [2.05, 4.69) is 14.7 Å². The van der Waals surface area contributed by atoms with Gasteiger partial charge in [0.25, 0.3) is 15.9 Å². The van der Waals surface area contributed by atoms with Crippen LogP contribution in [0.2, 0.25) is 5.15 Å². The highest BCUT2D eigenvalue weighted by Gasteiger charge is 2.21. The lowest BCUT2D eigenvalue weighted by Crippen LogP contribution is -2.20. The van der Waals surface area contributed by atoms with Crippen LogP contribution in [-0.2, 0) is 10.0 Å². The van der Waals surface area contributed by atoms with Crippen LogP contribution in [0, 0.1) is 0 Å². The molecule has 1 N–H and O–H groups in total. The summed E-state index contributed by atoms with van der Waals surface area (Å²) >= 11 is 5.91. The van der Waals surface area contributed by atoms with Crippen molar-refractivity contribution in [1.29, 1.82) is 0 Å². The number of carbonyl (C=O) groups excluding carboxylic acids is 1. The summed E-state index contributed by atoms with van der Waals surface area (Å²) in [4.78, 5) is 18.0. The molecule has 0 spiro atoms. The summed E-state index contributed by atoms with van der Waals surface area (Å²) in [5.74, 6) is 0.0704. The van der Waals surface area contributed by atoms with Gasteiger partial charge in [-0.25, -0.2) is 4.98 Å². The largest absolute Gasteiger partial charge is 0.362 e. The summed E-state index contributed by atoms with van der Waals surface area (Å²) < 4.78 is 29.0. The fourth-order valence-corrected chi connectivity index (χ4v) is 3.93. The van der Waals surface area contributed by atoms with Crippen LogP contribution in [-0.4, -0.2) is 43.6 Å². The molecule has 1 aromatic carbocycles. The van der Waals surface area contributed by atoms with E-state index in [9.17, 15) is 13.2 Å². The molecule has 0 atom stereocenters. The Bertz CT molecular complexity index is 975. The summed E-state index contributed by atoms with van der Waals surface area (Å²) in [7, 11) is -2.04. The van der Waals surface area contributed by atoms with E-state index in [0.29, 0.717) is 17.9 Å². The van der Waals surface area contributed by atoms with Crippen LogP contribution in [0.25, 0.3) is 0 Å². The first-order chi connectivity index (χ1) is 12.4. The number of hydrogen-bond donors (Lipinski definition) is 1. The minimum absolute atomic E-state index is 0.0142. The Kier molecular flexibility index (Phi) is 5.24. The number of nitrogens with zero attached hydrogens (tertiary/aromatic N) is 3. The van der Waals surface area contributed by atoms with Crippen molar-refractivity contribution in [2.24, 2.45) is 4.40 Å².